The number of nitrogens with zero attached hydrogens (tertiary/aromatic N) is 2. The molecule has 3 heterocycles. The third-order valence-corrected chi connectivity index (χ3v) is 7.47. The fourth-order valence-electron chi connectivity index (χ4n) is 4.56. The van der Waals surface area contributed by atoms with Crippen molar-refractivity contribution in [1.29, 1.82) is 0 Å². The van der Waals surface area contributed by atoms with E-state index < -0.39 is 5.41 Å². The molecule has 172 valence electrons. The van der Waals surface area contributed by atoms with Gasteiger partial charge in [-0.25, -0.2) is 4.98 Å². The summed E-state index contributed by atoms with van der Waals surface area (Å²) in [4.78, 5) is 33.7. The van der Waals surface area contributed by atoms with Gasteiger partial charge in [0.2, 0.25) is 0 Å². The number of likely N-dealkylation sites (tertiary alicyclic amines) is 1. The fourth-order valence-corrected chi connectivity index (χ4v) is 5.58. The predicted octanol–water partition coefficient (Wildman–Crippen LogP) is 5.42. The minimum Gasteiger partial charge on any atom is -0.468 e. The summed E-state index contributed by atoms with van der Waals surface area (Å²) in [5.74, 6) is 0.294. The maximum absolute atomic E-state index is 13.7. The van der Waals surface area contributed by atoms with Gasteiger partial charge in [-0.2, -0.15) is 0 Å². The minimum absolute atomic E-state index is 0.0827. The van der Waals surface area contributed by atoms with Crippen molar-refractivity contribution in [1.82, 2.24) is 9.88 Å². The average Bonchev–Trinajstić information content (AvgIpc) is 3.59. The number of aromatic nitrogens is 1. The Balaban J connectivity index is 1.45. The van der Waals surface area contributed by atoms with E-state index in [0.29, 0.717) is 47.3 Å². The number of ether oxygens (including phenoxy) is 1. The topological polar surface area (TPSA) is 72.6 Å². The summed E-state index contributed by atoms with van der Waals surface area (Å²) >= 11 is 1.33. The van der Waals surface area contributed by atoms with Gasteiger partial charge in [0.05, 0.1) is 24.5 Å². The second-order valence-electron chi connectivity index (χ2n) is 8.27. The Morgan fingerprint density at radius 2 is 1.65 bits per heavy atom. The zero-order chi connectivity index (χ0) is 23.5. The number of carbonyl (C=O) groups excluding carboxylic acids is 2. The molecule has 0 radical (unpaired) electrons. The molecule has 0 atom stereocenters. The second-order valence-corrected chi connectivity index (χ2v) is 9.27. The van der Waals surface area contributed by atoms with Gasteiger partial charge in [0.15, 0.2) is 10.8 Å². The number of amides is 1. The van der Waals surface area contributed by atoms with Gasteiger partial charge < -0.3 is 14.1 Å². The number of thiazole rings is 1. The molecule has 0 aliphatic carbocycles. The summed E-state index contributed by atoms with van der Waals surface area (Å²) in [6.07, 6.45) is 2.60. The van der Waals surface area contributed by atoms with Crippen LogP contribution in [0.2, 0.25) is 0 Å². The largest absolute Gasteiger partial charge is 0.468 e. The molecule has 0 N–H and O–H groups in total. The highest BCUT2D eigenvalue weighted by Gasteiger charge is 2.45. The first-order valence-electron chi connectivity index (χ1n) is 11.2. The molecule has 1 aliphatic rings. The molecular weight excluding hydrogens is 448 g/mol. The number of benzene rings is 2. The van der Waals surface area contributed by atoms with Crippen molar-refractivity contribution in [2.24, 2.45) is 0 Å². The maximum Gasteiger partial charge on any atom is 0.316 e. The van der Waals surface area contributed by atoms with Gasteiger partial charge in [0, 0.05) is 18.7 Å². The van der Waals surface area contributed by atoms with E-state index in [2.05, 4.69) is 0 Å². The maximum atomic E-state index is 13.7. The molecule has 0 spiro atoms. The van der Waals surface area contributed by atoms with E-state index in [1.165, 1.54) is 18.4 Å². The van der Waals surface area contributed by atoms with Crippen LogP contribution in [0.25, 0.3) is 22.0 Å². The molecule has 0 saturated carbocycles. The Labute approximate surface area is 201 Å². The van der Waals surface area contributed by atoms with Gasteiger partial charge in [-0.05, 0) is 30.5 Å². The van der Waals surface area contributed by atoms with E-state index in [1.807, 2.05) is 71.6 Å². The van der Waals surface area contributed by atoms with E-state index in [0.717, 1.165) is 11.1 Å². The molecule has 6 nitrogen and oxygen atoms in total. The van der Waals surface area contributed by atoms with Crippen molar-refractivity contribution in [3.8, 4) is 22.0 Å². The van der Waals surface area contributed by atoms with Crippen LogP contribution >= 0.6 is 11.3 Å². The van der Waals surface area contributed by atoms with E-state index in [-0.39, 0.29) is 11.9 Å². The number of furan rings is 1. The van der Waals surface area contributed by atoms with Gasteiger partial charge in [0.1, 0.15) is 4.88 Å². The fraction of sp³-hybridized carbons (Fsp3) is 0.222. The van der Waals surface area contributed by atoms with Gasteiger partial charge >= 0.3 is 5.97 Å². The molecule has 2 aromatic heterocycles. The van der Waals surface area contributed by atoms with Gasteiger partial charge in [-0.3, -0.25) is 9.59 Å². The first-order chi connectivity index (χ1) is 16.6. The van der Waals surface area contributed by atoms with Crippen molar-refractivity contribution >= 4 is 23.2 Å². The zero-order valence-corrected chi connectivity index (χ0v) is 19.6. The van der Waals surface area contributed by atoms with Crippen LogP contribution in [0.1, 0.15) is 28.1 Å². The van der Waals surface area contributed by atoms with Crippen LogP contribution in [0.15, 0.2) is 83.5 Å². The van der Waals surface area contributed by atoms with Crippen LogP contribution in [-0.2, 0) is 14.9 Å². The Morgan fingerprint density at radius 1 is 0.971 bits per heavy atom. The number of hydrogen-bond acceptors (Lipinski definition) is 6. The van der Waals surface area contributed by atoms with Crippen LogP contribution in [0, 0.1) is 0 Å². The van der Waals surface area contributed by atoms with Crippen LogP contribution in [-0.4, -0.2) is 42.0 Å². The normalized spacial score (nSPS) is 15.1. The van der Waals surface area contributed by atoms with Crippen molar-refractivity contribution in [2.45, 2.75) is 18.3 Å². The van der Waals surface area contributed by atoms with Crippen molar-refractivity contribution in [2.75, 3.05) is 20.2 Å². The Morgan fingerprint density at radius 3 is 2.26 bits per heavy atom. The lowest BCUT2D eigenvalue weighted by atomic mass is 9.72. The summed E-state index contributed by atoms with van der Waals surface area (Å²) < 4.78 is 10.7. The smallest absolute Gasteiger partial charge is 0.316 e. The molecule has 2 aromatic carbocycles. The van der Waals surface area contributed by atoms with Crippen molar-refractivity contribution < 1.29 is 18.7 Å². The van der Waals surface area contributed by atoms with Crippen molar-refractivity contribution in [3.63, 3.8) is 0 Å². The summed E-state index contributed by atoms with van der Waals surface area (Å²) in [7, 11) is 1.42. The molecule has 34 heavy (non-hydrogen) atoms. The number of carbonyl (C=O) groups is 2. The number of hydrogen-bond donors (Lipinski definition) is 0. The molecular formula is C27H24N2O4S. The van der Waals surface area contributed by atoms with Gasteiger partial charge in [0.25, 0.3) is 5.91 Å². The number of rotatable bonds is 5. The van der Waals surface area contributed by atoms with E-state index in [1.54, 1.807) is 12.3 Å². The number of piperidine rings is 1. The number of esters is 1. The highest BCUT2D eigenvalue weighted by Crippen LogP contribution is 2.39. The highest BCUT2D eigenvalue weighted by molar-refractivity contribution is 7.17. The summed E-state index contributed by atoms with van der Waals surface area (Å²) in [5, 5.41) is 0.664. The lowest BCUT2D eigenvalue weighted by molar-refractivity contribution is -0.149. The van der Waals surface area contributed by atoms with Gasteiger partial charge in [-0.1, -0.05) is 60.7 Å². The predicted molar refractivity (Wildman–Crippen MR) is 131 cm³/mol. The summed E-state index contributed by atoms with van der Waals surface area (Å²) in [6, 6.07) is 23.0. The first-order valence-corrected chi connectivity index (χ1v) is 12.0. The van der Waals surface area contributed by atoms with Gasteiger partial charge in [-0.15, -0.1) is 11.3 Å². The van der Waals surface area contributed by atoms with E-state index in [4.69, 9.17) is 14.1 Å². The Kier molecular flexibility index (Phi) is 6.02. The monoisotopic (exact) mass is 472 g/mol. The standard InChI is InChI=1S/C27H24N2O4S/c1-32-26(31)27(20-11-6-3-7-12-20)14-16-29(17-15-27)25(30)23-22(19-9-4-2-5-10-19)28-24(34-23)21-13-8-18-33-21/h2-13,18H,14-17H2,1H3. The van der Waals surface area contributed by atoms with Crippen LogP contribution in [0.3, 0.4) is 0 Å². The lowest BCUT2D eigenvalue weighted by Crippen LogP contribution is -2.49. The zero-order valence-electron chi connectivity index (χ0n) is 18.8. The molecule has 0 bridgehead atoms. The minimum atomic E-state index is -0.748. The molecule has 5 rings (SSSR count). The van der Waals surface area contributed by atoms with E-state index in [9.17, 15) is 9.59 Å². The Bertz CT molecular complexity index is 1270. The highest BCUT2D eigenvalue weighted by atomic mass is 32.1. The molecule has 4 aromatic rings. The second kappa shape index (κ2) is 9.27. The Hall–Kier alpha value is -3.71. The lowest BCUT2D eigenvalue weighted by Gasteiger charge is -2.40. The third kappa shape index (κ3) is 3.92. The average molecular weight is 473 g/mol. The first kappa shape index (κ1) is 22.1. The molecule has 1 fully saturated rings. The molecule has 7 heteroatoms. The number of methoxy groups -OCH3 is 1. The molecule has 1 saturated heterocycles. The van der Waals surface area contributed by atoms with Crippen molar-refractivity contribution in [3.05, 3.63) is 89.5 Å². The molecule has 1 amide bonds. The van der Waals surface area contributed by atoms with E-state index >= 15 is 0 Å². The van der Waals surface area contributed by atoms with Crippen LogP contribution in [0.4, 0.5) is 0 Å². The molecule has 0 unspecified atom stereocenters. The quantitative estimate of drug-likeness (QED) is 0.363. The molecule has 1 aliphatic heterocycles. The van der Waals surface area contributed by atoms with Crippen LogP contribution in [0.5, 0.6) is 0 Å². The summed E-state index contributed by atoms with van der Waals surface area (Å²) in [5.41, 5.74) is 1.71. The van der Waals surface area contributed by atoms with Crippen LogP contribution < -0.4 is 0 Å². The summed E-state index contributed by atoms with van der Waals surface area (Å²) in [6.45, 7) is 0.899. The third-order valence-electron chi connectivity index (χ3n) is 6.41. The SMILES string of the molecule is COC(=O)C1(c2ccccc2)CCN(C(=O)c2sc(-c3ccco3)nc2-c2ccccc2)CC1.